The van der Waals surface area contributed by atoms with Gasteiger partial charge in [-0.15, -0.1) is 0 Å². The maximum absolute atomic E-state index is 14.2. The van der Waals surface area contributed by atoms with Crippen LogP contribution < -0.4 is 4.74 Å². The largest absolute Gasteiger partial charge is 0.486 e. The van der Waals surface area contributed by atoms with Crippen LogP contribution >= 0.6 is 0 Å². The van der Waals surface area contributed by atoms with E-state index in [1.165, 1.54) is 12.1 Å². The molecule has 1 aliphatic heterocycles. The summed E-state index contributed by atoms with van der Waals surface area (Å²) in [6.07, 6.45) is 1.16. The molecule has 1 aromatic heterocycles. The Bertz CT molecular complexity index is 1240. The van der Waals surface area contributed by atoms with Crippen LogP contribution in [0.3, 0.4) is 0 Å². The Labute approximate surface area is 211 Å². The molecule has 0 radical (unpaired) electrons. The summed E-state index contributed by atoms with van der Waals surface area (Å²) in [5.41, 5.74) is 2.78. The molecule has 3 aromatic rings. The first-order valence-corrected chi connectivity index (χ1v) is 12.4. The minimum absolute atomic E-state index is 0.0565. The topological polar surface area (TPSA) is 63.0 Å². The fourth-order valence-corrected chi connectivity index (χ4v) is 4.51. The van der Waals surface area contributed by atoms with Crippen LogP contribution in [0.5, 0.6) is 5.75 Å². The number of rotatable bonds is 8. The van der Waals surface area contributed by atoms with Gasteiger partial charge >= 0.3 is 0 Å². The third-order valence-corrected chi connectivity index (χ3v) is 6.49. The lowest BCUT2D eigenvalue weighted by Gasteiger charge is -2.38. The fourth-order valence-electron chi connectivity index (χ4n) is 4.51. The van der Waals surface area contributed by atoms with E-state index in [9.17, 15) is 14.0 Å². The van der Waals surface area contributed by atoms with Crippen molar-refractivity contribution in [2.45, 2.75) is 46.3 Å². The first kappa shape index (κ1) is 25.5. The van der Waals surface area contributed by atoms with E-state index >= 15 is 0 Å². The van der Waals surface area contributed by atoms with Crippen LogP contribution in [0.4, 0.5) is 4.39 Å². The summed E-state index contributed by atoms with van der Waals surface area (Å²) in [6, 6.07) is 15.3. The quantitative estimate of drug-likeness (QED) is 0.410. The highest BCUT2D eigenvalue weighted by molar-refractivity contribution is 5.91. The van der Waals surface area contributed by atoms with Crippen LogP contribution in [-0.2, 0) is 17.8 Å². The van der Waals surface area contributed by atoms with Gasteiger partial charge in [0, 0.05) is 26.6 Å². The molecule has 0 bridgehead atoms. The van der Waals surface area contributed by atoms with Gasteiger partial charge in [-0.05, 0) is 72.4 Å². The number of ether oxygens (including phenoxy) is 1. The van der Waals surface area contributed by atoms with Crippen molar-refractivity contribution in [3.8, 4) is 5.75 Å². The number of amides is 2. The van der Waals surface area contributed by atoms with Gasteiger partial charge in [-0.1, -0.05) is 32.0 Å². The third-order valence-electron chi connectivity index (χ3n) is 6.49. The summed E-state index contributed by atoms with van der Waals surface area (Å²) in [5.74, 6) is 1.19. The third kappa shape index (κ3) is 5.61. The van der Waals surface area contributed by atoms with E-state index in [-0.39, 0.29) is 35.9 Å². The number of hydrogen-bond donors (Lipinski definition) is 0. The minimum Gasteiger partial charge on any atom is -0.486 e. The second-order valence-corrected chi connectivity index (χ2v) is 9.63. The van der Waals surface area contributed by atoms with E-state index < -0.39 is 6.04 Å². The molecule has 2 heterocycles. The normalized spacial score (nSPS) is 15.1. The standard InChI is InChI=1S/C29H33FN2O4/c1-5-31(4)29(34)26-12-11-24(36-26)18-35-23-10-9-20-13-14-32(27(33)15-19(2)3)28(25(20)17-23)21-7-6-8-22(30)16-21/h6-12,16-17,19,28H,5,13-15,18H2,1-4H3/t28-/m1/s1. The molecule has 2 amide bonds. The summed E-state index contributed by atoms with van der Waals surface area (Å²) in [7, 11) is 1.72. The summed E-state index contributed by atoms with van der Waals surface area (Å²) in [4.78, 5) is 28.9. The van der Waals surface area contributed by atoms with E-state index in [1.54, 1.807) is 30.1 Å². The maximum atomic E-state index is 14.2. The molecule has 0 fully saturated rings. The Morgan fingerprint density at radius 2 is 1.97 bits per heavy atom. The Hall–Kier alpha value is -3.61. The van der Waals surface area contributed by atoms with Crippen LogP contribution in [0.25, 0.3) is 0 Å². The Kier molecular flexibility index (Phi) is 7.77. The van der Waals surface area contributed by atoms with E-state index in [1.807, 2.05) is 49.9 Å². The molecule has 6 nitrogen and oxygen atoms in total. The molecule has 2 aromatic carbocycles. The molecule has 1 aliphatic rings. The highest BCUT2D eigenvalue weighted by atomic mass is 19.1. The van der Waals surface area contributed by atoms with Gasteiger partial charge in [-0.25, -0.2) is 4.39 Å². The first-order chi connectivity index (χ1) is 17.3. The van der Waals surface area contributed by atoms with Gasteiger partial charge in [0.15, 0.2) is 5.76 Å². The summed E-state index contributed by atoms with van der Waals surface area (Å²) in [6.45, 7) is 7.26. The lowest BCUT2D eigenvalue weighted by atomic mass is 9.87. The lowest BCUT2D eigenvalue weighted by molar-refractivity contribution is -0.134. The molecule has 0 unspecified atom stereocenters. The van der Waals surface area contributed by atoms with Crippen molar-refractivity contribution in [1.82, 2.24) is 9.80 Å². The number of furan rings is 1. The highest BCUT2D eigenvalue weighted by Crippen LogP contribution is 2.38. The predicted molar refractivity (Wildman–Crippen MR) is 135 cm³/mol. The van der Waals surface area contributed by atoms with Gasteiger partial charge < -0.3 is 19.0 Å². The second kappa shape index (κ2) is 11.0. The zero-order valence-electron chi connectivity index (χ0n) is 21.3. The molecule has 1 atom stereocenters. The van der Waals surface area contributed by atoms with Crippen molar-refractivity contribution < 1.29 is 23.1 Å². The lowest BCUT2D eigenvalue weighted by Crippen LogP contribution is -2.41. The van der Waals surface area contributed by atoms with Gasteiger partial charge in [0.05, 0.1) is 6.04 Å². The molecule has 0 saturated heterocycles. The number of hydrogen-bond acceptors (Lipinski definition) is 4. The summed E-state index contributed by atoms with van der Waals surface area (Å²) < 4.78 is 25.9. The number of fused-ring (bicyclic) bond motifs is 1. The van der Waals surface area contributed by atoms with Crippen LogP contribution in [-0.4, -0.2) is 41.8 Å². The molecule has 7 heteroatoms. The molecule has 0 aliphatic carbocycles. The first-order valence-electron chi connectivity index (χ1n) is 12.4. The van der Waals surface area contributed by atoms with E-state index in [0.29, 0.717) is 31.0 Å². The summed E-state index contributed by atoms with van der Waals surface area (Å²) in [5, 5.41) is 0. The van der Waals surface area contributed by atoms with Crippen molar-refractivity contribution in [3.63, 3.8) is 0 Å². The van der Waals surface area contributed by atoms with Gasteiger partial charge in [-0.2, -0.15) is 0 Å². The molecule has 0 spiro atoms. The van der Waals surface area contributed by atoms with Crippen molar-refractivity contribution in [1.29, 1.82) is 0 Å². The highest BCUT2D eigenvalue weighted by Gasteiger charge is 2.32. The van der Waals surface area contributed by atoms with Crippen LogP contribution in [0.15, 0.2) is 59.0 Å². The van der Waals surface area contributed by atoms with Crippen molar-refractivity contribution >= 4 is 11.8 Å². The Morgan fingerprint density at radius 3 is 2.69 bits per heavy atom. The van der Waals surface area contributed by atoms with Gasteiger partial charge in [0.25, 0.3) is 5.91 Å². The molecule has 4 rings (SSSR count). The van der Waals surface area contributed by atoms with Crippen LogP contribution in [0.2, 0.25) is 0 Å². The van der Waals surface area contributed by atoms with Gasteiger partial charge in [-0.3, -0.25) is 9.59 Å². The number of benzene rings is 2. The number of nitrogens with zero attached hydrogens (tertiary/aromatic N) is 2. The molecule has 190 valence electrons. The number of carbonyl (C=O) groups excluding carboxylic acids is 2. The van der Waals surface area contributed by atoms with Gasteiger partial charge in [0.2, 0.25) is 5.91 Å². The van der Waals surface area contributed by atoms with E-state index in [0.717, 1.165) is 23.1 Å². The molecular formula is C29H33FN2O4. The smallest absolute Gasteiger partial charge is 0.289 e. The van der Waals surface area contributed by atoms with Crippen molar-refractivity contribution in [2.75, 3.05) is 20.1 Å². The van der Waals surface area contributed by atoms with Crippen LogP contribution in [0, 0.1) is 11.7 Å². The SMILES string of the molecule is CCN(C)C(=O)c1ccc(COc2ccc3c(c2)[C@@H](c2cccc(F)c2)N(C(=O)CC(C)C)CC3)o1. The maximum Gasteiger partial charge on any atom is 0.289 e. The van der Waals surface area contributed by atoms with Crippen LogP contribution in [0.1, 0.15) is 66.2 Å². The van der Waals surface area contributed by atoms with Gasteiger partial charge in [0.1, 0.15) is 23.9 Å². The minimum atomic E-state index is -0.392. The Balaban J connectivity index is 1.59. The number of halogens is 1. The molecule has 36 heavy (non-hydrogen) atoms. The monoisotopic (exact) mass is 492 g/mol. The zero-order valence-corrected chi connectivity index (χ0v) is 21.3. The average molecular weight is 493 g/mol. The second-order valence-electron chi connectivity index (χ2n) is 9.63. The van der Waals surface area contributed by atoms with Crippen molar-refractivity contribution in [2.24, 2.45) is 5.92 Å². The molecular weight excluding hydrogens is 459 g/mol. The predicted octanol–water partition coefficient (Wildman–Crippen LogP) is 5.61. The average Bonchev–Trinajstić information content (AvgIpc) is 3.34. The molecule has 0 N–H and O–H groups in total. The van der Waals surface area contributed by atoms with E-state index in [4.69, 9.17) is 9.15 Å². The fraction of sp³-hybridized carbons (Fsp3) is 0.379. The summed E-state index contributed by atoms with van der Waals surface area (Å²) >= 11 is 0. The Morgan fingerprint density at radius 1 is 1.17 bits per heavy atom. The van der Waals surface area contributed by atoms with Crippen molar-refractivity contribution in [3.05, 3.63) is 88.6 Å². The zero-order chi connectivity index (χ0) is 25.8. The number of carbonyl (C=O) groups is 2. The molecule has 0 saturated carbocycles. The van der Waals surface area contributed by atoms with E-state index in [2.05, 4.69) is 0 Å².